The van der Waals surface area contributed by atoms with E-state index in [9.17, 15) is 0 Å². The first-order valence-electron chi connectivity index (χ1n) is 8.04. The fourth-order valence-corrected chi connectivity index (χ4v) is 3.24. The lowest BCUT2D eigenvalue weighted by Gasteiger charge is -2.32. The van der Waals surface area contributed by atoms with Gasteiger partial charge in [-0.1, -0.05) is 24.3 Å². The van der Waals surface area contributed by atoms with Crippen LogP contribution in [-0.2, 0) is 6.42 Å². The first kappa shape index (κ1) is 14.1. The predicted molar refractivity (Wildman–Crippen MR) is 84.1 cm³/mol. The lowest BCUT2D eigenvalue weighted by Crippen LogP contribution is -2.45. The Balaban J connectivity index is 1.48. The maximum absolute atomic E-state index is 3.57. The predicted octanol–water partition coefficient (Wildman–Crippen LogP) is 1.90. The Hall–Kier alpha value is -0.900. The van der Waals surface area contributed by atoms with Crippen molar-refractivity contribution < 1.29 is 0 Å². The van der Waals surface area contributed by atoms with Gasteiger partial charge in [-0.05, 0) is 44.0 Å². The number of hydrogen-bond donors (Lipinski definition) is 1. The first-order chi connectivity index (χ1) is 9.81. The molecule has 1 aromatic carbocycles. The summed E-state index contributed by atoms with van der Waals surface area (Å²) < 4.78 is 0. The van der Waals surface area contributed by atoms with Crippen LogP contribution in [0.5, 0.6) is 0 Å². The second-order valence-corrected chi connectivity index (χ2v) is 6.29. The average molecular weight is 273 g/mol. The Bertz CT molecular complexity index is 401. The highest BCUT2D eigenvalue weighted by atomic mass is 15.2. The van der Waals surface area contributed by atoms with Crippen molar-refractivity contribution in [2.24, 2.45) is 0 Å². The highest BCUT2D eigenvalue weighted by Gasteiger charge is 2.16. The van der Waals surface area contributed by atoms with Gasteiger partial charge in [0.15, 0.2) is 0 Å². The lowest BCUT2D eigenvalue weighted by molar-refractivity contribution is 0.155. The van der Waals surface area contributed by atoms with Crippen molar-refractivity contribution in [3.05, 3.63) is 35.4 Å². The van der Waals surface area contributed by atoms with Crippen LogP contribution in [0.25, 0.3) is 0 Å². The van der Waals surface area contributed by atoms with Crippen molar-refractivity contribution in [3.63, 3.8) is 0 Å². The number of rotatable bonds is 4. The summed E-state index contributed by atoms with van der Waals surface area (Å²) in [5, 5.41) is 3.57. The summed E-state index contributed by atoms with van der Waals surface area (Å²) in [5.41, 5.74) is 2.94. The maximum Gasteiger partial charge on any atom is 0.0320 e. The van der Waals surface area contributed by atoms with Crippen LogP contribution in [0, 0.1) is 0 Å². The molecule has 1 atom stereocenters. The van der Waals surface area contributed by atoms with E-state index in [4.69, 9.17) is 0 Å². The van der Waals surface area contributed by atoms with Gasteiger partial charge in [-0.2, -0.15) is 0 Å². The molecule has 3 heteroatoms. The summed E-state index contributed by atoms with van der Waals surface area (Å²) >= 11 is 0. The van der Waals surface area contributed by atoms with E-state index in [1.807, 2.05) is 0 Å². The molecule has 20 heavy (non-hydrogen) atoms. The van der Waals surface area contributed by atoms with Crippen LogP contribution < -0.4 is 5.32 Å². The summed E-state index contributed by atoms with van der Waals surface area (Å²) in [7, 11) is 2.22. The van der Waals surface area contributed by atoms with Gasteiger partial charge >= 0.3 is 0 Å². The van der Waals surface area contributed by atoms with E-state index in [2.05, 4.69) is 46.4 Å². The molecule has 3 rings (SSSR count). The van der Waals surface area contributed by atoms with Crippen LogP contribution >= 0.6 is 0 Å². The summed E-state index contributed by atoms with van der Waals surface area (Å²) in [6, 6.07) is 9.89. The zero-order valence-electron chi connectivity index (χ0n) is 12.6. The quantitative estimate of drug-likeness (QED) is 0.904. The Labute approximate surface area is 123 Å². The molecule has 2 fully saturated rings. The van der Waals surface area contributed by atoms with Crippen molar-refractivity contribution in [1.82, 2.24) is 15.1 Å². The summed E-state index contributed by atoms with van der Waals surface area (Å²) in [6.07, 6.45) is 3.79. The van der Waals surface area contributed by atoms with Gasteiger partial charge in [0, 0.05) is 38.8 Å². The molecule has 3 nitrogen and oxygen atoms in total. The van der Waals surface area contributed by atoms with Crippen molar-refractivity contribution in [3.8, 4) is 0 Å². The minimum atomic E-state index is 0.599. The molecule has 0 amide bonds. The minimum absolute atomic E-state index is 0.599. The standard InChI is InChI=1S/C17H27N3/c1-19-11-13-20(14-12-19)10-8-15-4-6-16(7-5-15)17-3-2-9-18-17/h4-7,17-18H,2-3,8-14H2,1H3. The smallest absolute Gasteiger partial charge is 0.0320 e. The summed E-state index contributed by atoms with van der Waals surface area (Å²) in [4.78, 5) is 5.01. The van der Waals surface area contributed by atoms with E-state index in [0.29, 0.717) is 6.04 Å². The van der Waals surface area contributed by atoms with Crippen LogP contribution in [-0.4, -0.2) is 56.1 Å². The number of nitrogens with zero attached hydrogens (tertiary/aromatic N) is 2. The van der Waals surface area contributed by atoms with Crippen molar-refractivity contribution in [2.75, 3.05) is 46.3 Å². The molecule has 1 unspecified atom stereocenters. The molecular formula is C17H27N3. The molecule has 0 spiro atoms. The zero-order chi connectivity index (χ0) is 13.8. The lowest BCUT2D eigenvalue weighted by atomic mass is 10.0. The van der Waals surface area contributed by atoms with Gasteiger partial charge in [-0.15, -0.1) is 0 Å². The summed E-state index contributed by atoms with van der Waals surface area (Å²) in [6.45, 7) is 7.25. The topological polar surface area (TPSA) is 18.5 Å². The highest BCUT2D eigenvalue weighted by molar-refractivity contribution is 5.25. The summed E-state index contributed by atoms with van der Waals surface area (Å²) in [5.74, 6) is 0. The van der Waals surface area contributed by atoms with E-state index in [-0.39, 0.29) is 0 Å². The van der Waals surface area contributed by atoms with Gasteiger partial charge in [0.25, 0.3) is 0 Å². The van der Waals surface area contributed by atoms with Crippen LogP contribution in [0.2, 0.25) is 0 Å². The molecule has 0 aliphatic carbocycles. The number of likely N-dealkylation sites (N-methyl/N-ethyl adjacent to an activating group) is 1. The van der Waals surface area contributed by atoms with E-state index >= 15 is 0 Å². The van der Waals surface area contributed by atoms with Gasteiger partial charge in [0.1, 0.15) is 0 Å². The molecule has 2 saturated heterocycles. The second-order valence-electron chi connectivity index (χ2n) is 6.29. The van der Waals surface area contributed by atoms with Crippen LogP contribution in [0.3, 0.4) is 0 Å². The third-order valence-electron chi connectivity index (χ3n) is 4.76. The Morgan fingerprint density at radius 2 is 1.85 bits per heavy atom. The van der Waals surface area contributed by atoms with Crippen molar-refractivity contribution >= 4 is 0 Å². The largest absolute Gasteiger partial charge is 0.310 e. The van der Waals surface area contributed by atoms with E-state index in [0.717, 1.165) is 0 Å². The maximum atomic E-state index is 3.57. The molecule has 0 bridgehead atoms. The Morgan fingerprint density at radius 3 is 2.50 bits per heavy atom. The Kier molecular flexibility index (Phi) is 4.71. The molecule has 110 valence electrons. The minimum Gasteiger partial charge on any atom is -0.310 e. The number of benzene rings is 1. The highest BCUT2D eigenvalue weighted by Crippen LogP contribution is 2.23. The molecule has 0 saturated carbocycles. The van der Waals surface area contributed by atoms with E-state index in [1.54, 1.807) is 0 Å². The molecule has 0 aromatic heterocycles. The van der Waals surface area contributed by atoms with Gasteiger partial charge in [-0.3, -0.25) is 0 Å². The molecule has 2 aliphatic rings. The van der Waals surface area contributed by atoms with Crippen LogP contribution in [0.1, 0.15) is 30.0 Å². The SMILES string of the molecule is CN1CCN(CCc2ccc(C3CCCN3)cc2)CC1. The number of piperazine rings is 1. The first-order valence-corrected chi connectivity index (χ1v) is 8.04. The fourth-order valence-electron chi connectivity index (χ4n) is 3.24. The molecule has 2 heterocycles. The third kappa shape index (κ3) is 3.60. The van der Waals surface area contributed by atoms with E-state index < -0.39 is 0 Å². The van der Waals surface area contributed by atoms with Crippen molar-refractivity contribution in [1.29, 1.82) is 0 Å². The molecule has 2 aliphatic heterocycles. The van der Waals surface area contributed by atoms with Crippen LogP contribution in [0.4, 0.5) is 0 Å². The molecule has 1 aromatic rings. The van der Waals surface area contributed by atoms with Crippen LogP contribution in [0.15, 0.2) is 24.3 Å². The fraction of sp³-hybridized carbons (Fsp3) is 0.647. The third-order valence-corrected chi connectivity index (χ3v) is 4.76. The van der Waals surface area contributed by atoms with Gasteiger partial charge in [0.2, 0.25) is 0 Å². The van der Waals surface area contributed by atoms with Crippen molar-refractivity contribution in [2.45, 2.75) is 25.3 Å². The zero-order valence-corrected chi connectivity index (χ0v) is 12.6. The molecule has 0 radical (unpaired) electrons. The van der Waals surface area contributed by atoms with Gasteiger partial charge in [-0.25, -0.2) is 0 Å². The normalized spacial score (nSPS) is 25.1. The number of nitrogens with one attached hydrogen (secondary N) is 1. The monoisotopic (exact) mass is 273 g/mol. The average Bonchev–Trinajstić information content (AvgIpc) is 3.01. The van der Waals surface area contributed by atoms with E-state index in [1.165, 1.54) is 69.7 Å². The number of hydrogen-bond acceptors (Lipinski definition) is 3. The van der Waals surface area contributed by atoms with Gasteiger partial charge in [0.05, 0.1) is 0 Å². The Morgan fingerprint density at radius 1 is 1.10 bits per heavy atom. The molecular weight excluding hydrogens is 246 g/mol. The second kappa shape index (κ2) is 6.70. The molecule has 1 N–H and O–H groups in total. The van der Waals surface area contributed by atoms with Gasteiger partial charge < -0.3 is 15.1 Å².